The van der Waals surface area contributed by atoms with Crippen LogP contribution in [-0.2, 0) is 19.4 Å². The van der Waals surface area contributed by atoms with Crippen molar-refractivity contribution in [3.05, 3.63) is 65.0 Å². The fourth-order valence-electron chi connectivity index (χ4n) is 5.54. The van der Waals surface area contributed by atoms with Crippen LogP contribution in [0, 0.1) is 11.8 Å². The summed E-state index contributed by atoms with van der Waals surface area (Å²) < 4.78 is 0. The van der Waals surface area contributed by atoms with E-state index in [1.54, 1.807) is 0 Å². The number of nitrogens with one attached hydrogen (secondary N) is 1. The van der Waals surface area contributed by atoms with Gasteiger partial charge in [-0.05, 0) is 66.7 Å². The zero-order valence-corrected chi connectivity index (χ0v) is 17.1. The van der Waals surface area contributed by atoms with Crippen molar-refractivity contribution in [3.8, 4) is 0 Å². The molecule has 0 unspecified atom stereocenters. The first-order valence-corrected chi connectivity index (χ1v) is 11.3. The molecule has 3 nitrogen and oxygen atoms in total. The number of aromatic nitrogens is 1. The van der Waals surface area contributed by atoms with Crippen LogP contribution in [0.4, 0.5) is 0 Å². The number of hydrogen-bond acceptors (Lipinski definition) is 3. The number of hydrogen-bond donors (Lipinski definition) is 1. The van der Waals surface area contributed by atoms with Crippen molar-refractivity contribution in [1.29, 1.82) is 0 Å². The van der Waals surface area contributed by atoms with Crippen LogP contribution >= 0.6 is 0 Å². The number of benzene rings is 1. The average molecular weight is 376 g/mol. The highest BCUT2D eigenvalue weighted by Crippen LogP contribution is 2.44. The first kappa shape index (κ1) is 18.3. The van der Waals surface area contributed by atoms with Crippen LogP contribution in [0.3, 0.4) is 0 Å². The van der Waals surface area contributed by atoms with Gasteiger partial charge in [0.05, 0.1) is 11.7 Å². The predicted molar refractivity (Wildman–Crippen MR) is 114 cm³/mol. The van der Waals surface area contributed by atoms with Crippen molar-refractivity contribution in [1.82, 2.24) is 15.2 Å². The van der Waals surface area contributed by atoms with E-state index in [1.807, 2.05) is 6.20 Å². The van der Waals surface area contributed by atoms with Crippen LogP contribution < -0.4 is 5.32 Å². The molecular formula is C25H33N3. The zero-order valence-electron chi connectivity index (χ0n) is 17.1. The van der Waals surface area contributed by atoms with Gasteiger partial charge in [0.15, 0.2) is 0 Å². The molecule has 0 spiro atoms. The van der Waals surface area contributed by atoms with Crippen molar-refractivity contribution in [2.75, 3.05) is 13.1 Å². The predicted octanol–water partition coefficient (Wildman–Crippen LogP) is 4.52. The summed E-state index contributed by atoms with van der Waals surface area (Å²) in [4.78, 5) is 7.66. The second-order valence-corrected chi connectivity index (χ2v) is 9.12. The van der Waals surface area contributed by atoms with E-state index in [-0.39, 0.29) is 0 Å². The van der Waals surface area contributed by atoms with Crippen molar-refractivity contribution in [2.24, 2.45) is 11.8 Å². The topological polar surface area (TPSA) is 28.2 Å². The van der Waals surface area contributed by atoms with Crippen molar-refractivity contribution in [2.45, 2.75) is 64.1 Å². The number of nitrogens with zero attached hydrogens (tertiary/aromatic N) is 2. The quantitative estimate of drug-likeness (QED) is 0.804. The molecule has 148 valence electrons. The lowest BCUT2D eigenvalue weighted by Crippen LogP contribution is -2.47. The molecule has 2 aliphatic carbocycles. The van der Waals surface area contributed by atoms with E-state index in [0.717, 1.165) is 31.3 Å². The minimum absolute atomic E-state index is 0.502. The minimum Gasteiger partial charge on any atom is -0.308 e. The largest absolute Gasteiger partial charge is 0.308 e. The van der Waals surface area contributed by atoms with E-state index in [2.05, 4.69) is 53.5 Å². The van der Waals surface area contributed by atoms with E-state index < -0.39 is 0 Å². The van der Waals surface area contributed by atoms with Crippen molar-refractivity contribution in [3.63, 3.8) is 0 Å². The lowest BCUT2D eigenvalue weighted by Gasteiger charge is -2.38. The highest BCUT2D eigenvalue weighted by molar-refractivity contribution is 5.30. The minimum atomic E-state index is 0.502. The van der Waals surface area contributed by atoms with Gasteiger partial charge in [-0.25, -0.2) is 0 Å². The van der Waals surface area contributed by atoms with Gasteiger partial charge >= 0.3 is 0 Å². The molecule has 3 heteroatoms. The molecule has 1 N–H and O–H groups in total. The van der Waals surface area contributed by atoms with Crippen LogP contribution in [0.1, 0.15) is 61.0 Å². The molecule has 0 bridgehead atoms. The molecule has 3 aliphatic rings. The Morgan fingerprint density at radius 3 is 2.75 bits per heavy atom. The Balaban J connectivity index is 1.36. The molecule has 1 fully saturated rings. The van der Waals surface area contributed by atoms with Gasteiger partial charge in [0.25, 0.3) is 0 Å². The van der Waals surface area contributed by atoms with E-state index in [0.29, 0.717) is 12.1 Å². The second kappa shape index (κ2) is 7.96. The number of fused-ring (bicyclic) bond motifs is 2. The fraction of sp³-hybridized carbons (Fsp3) is 0.560. The second-order valence-electron chi connectivity index (χ2n) is 9.12. The highest BCUT2D eigenvalue weighted by atomic mass is 15.2. The van der Waals surface area contributed by atoms with Gasteiger partial charge in [-0.2, -0.15) is 0 Å². The first-order chi connectivity index (χ1) is 13.8. The normalized spacial score (nSPS) is 28.6. The van der Waals surface area contributed by atoms with Gasteiger partial charge in [0, 0.05) is 31.9 Å². The Labute approximate surface area is 169 Å². The molecule has 0 radical (unpaired) electrons. The van der Waals surface area contributed by atoms with Crippen molar-refractivity contribution >= 4 is 0 Å². The molecule has 0 amide bonds. The van der Waals surface area contributed by atoms with E-state index >= 15 is 0 Å². The third-order valence-electron chi connectivity index (χ3n) is 7.29. The van der Waals surface area contributed by atoms with Crippen molar-refractivity contribution < 1.29 is 0 Å². The Bertz CT molecular complexity index is 817. The SMILES string of the molecule is CC[C@H]1C[C@@H]1CN(C[C@H]1Cc2ccccc2CN1)[C@H]1CCCc2cccnc21. The maximum atomic E-state index is 4.86. The Morgan fingerprint density at radius 2 is 1.89 bits per heavy atom. The Kier molecular flexibility index (Phi) is 5.21. The molecule has 1 aromatic heterocycles. The summed E-state index contributed by atoms with van der Waals surface area (Å²) in [5.74, 6) is 1.85. The van der Waals surface area contributed by atoms with E-state index in [9.17, 15) is 0 Å². The van der Waals surface area contributed by atoms with Gasteiger partial charge in [-0.15, -0.1) is 0 Å². The maximum absolute atomic E-state index is 4.86. The average Bonchev–Trinajstić information content (AvgIpc) is 3.51. The molecule has 28 heavy (non-hydrogen) atoms. The van der Waals surface area contributed by atoms with Crippen LogP contribution in [0.15, 0.2) is 42.6 Å². The van der Waals surface area contributed by atoms with E-state index in [1.165, 1.54) is 61.0 Å². The molecule has 2 heterocycles. The van der Waals surface area contributed by atoms with Crippen LogP contribution in [0.25, 0.3) is 0 Å². The number of aryl methyl sites for hydroxylation is 1. The Hall–Kier alpha value is -1.71. The summed E-state index contributed by atoms with van der Waals surface area (Å²) in [5.41, 5.74) is 5.85. The molecule has 1 saturated carbocycles. The molecular weight excluding hydrogens is 342 g/mol. The van der Waals surface area contributed by atoms with Gasteiger partial charge in [0.1, 0.15) is 0 Å². The van der Waals surface area contributed by atoms with Gasteiger partial charge < -0.3 is 5.32 Å². The third kappa shape index (κ3) is 3.75. The molecule has 2 aromatic rings. The smallest absolute Gasteiger partial charge is 0.0607 e. The van der Waals surface area contributed by atoms with Gasteiger partial charge in [-0.1, -0.05) is 43.7 Å². The summed E-state index contributed by atoms with van der Waals surface area (Å²) in [6, 6.07) is 14.4. The fourth-order valence-corrected chi connectivity index (χ4v) is 5.54. The van der Waals surface area contributed by atoms with Gasteiger partial charge in [0.2, 0.25) is 0 Å². The highest BCUT2D eigenvalue weighted by Gasteiger charge is 2.39. The first-order valence-electron chi connectivity index (χ1n) is 11.3. The van der Waals surface area contributed by atoms with E-state index in [4.69, 9.17) is 4.98 Å². The number of pyridine rings is 1. The standard InChI is InChI=1S/C25H33N3/c1-2-18-13-22(18)16-28(24-11-5-9-19-10-6-12-26-25(19)24)17-23-14-20-7-3-4-8-21(20)15-27-23/h3-4,6-8,10,12,18,22-24,27H,2,5,9,11,13-17H2,1H3/t18-,22+,23+,24-/m0/s1. The maximum Gasteiger partial charge on any atom is 0.0607 e. The molecule has 1 aromatic carbocycles. The summed E-state index contributed by atoms with van der Waals surface area (Å²) >= 11 is 0. The zero-order chi connectivity index (χ0) is 18.9. The summed E-state index contributed by atoms with van der Waals surface area (Å²) in [6.45, 7) is 5.75. The van der Waals surface area contributed by atoms with Crippen LogP contribution in [-0.4, -0.2) is 29.0 Å². The lowest BCUT2D eigenvalue weighted by atomic mass is 9.89. The van der Waals surface area contributed by atoms with Crippen LogP contribution in [0.5, 0.6) is 0 Å². The van der Waals surface area contributed by atoms with Gasteiger partial charge in [-0.3, -0.25) is 9.88 Å². The molecule has 0 saturated heterocycles. The summed E-state index contributed by atoms with van der Waals surface area (Å²) in [7, 11) is 0. The summed E-state index contributed by atoms with van der Waals surface area (Å²) in [5, 5.41) is 3.83. The lowest BCUT2D eigenvalue weighted by molar-refractivity contribution is 0.144. The monoisotopic (exact) mass is 375 g/mol. The third-order valence-corrected chi connectivity index (χ3v) is 7.29. The molecule has 1 aliphatic heterocycles. The molecule has 4 atom stereocenters. The Morgan fingerprint density at radius 1 is 1.04 bits per heavy atom. The number of rotatable bonds is 6. The molecule has 5 rings (SSSR count). The van der Waals surface area contributed by atoms with Crippen LogP contribution in [0.2, 0.25) is 0 Å². The summed E-state index contributed by atoms with van der Waals surface area (Å²) in [6.07, 6.45) is 9.67.